The summed E-state index contributed by atoms with van der Waals surface area (Å²) >= 11 is 0. The Morgan fingerprint density at radius 2 is 1.64 bits per heavy atom. The van der Waals surface area contributed by atoms with Crippen LogP contribution in [0.1, 0.15) is 31.0 Å². The van der Waals surface area contributed by atoms with Gasteiger partial charge in [-0.1, -0.05) is 36.4 Å². The molecule has 3 rings (SSSR count). The van der Waals surface area contributed by atoms with Crippen molar-refractivity contribution in [2.75, 3.05) is 26.2 Å². The standard InChI is InChI=1S/C20H26N4O.3ClH/c1-16(17-7-6-10-22-15-17)23-11-13-24(14-12-23)19(25)20(2,21)18-8-4-3-5-9-18;;;/h3-10,15-16H,11-14,21H2,1-2H3;3*1H. The summed E-state index contributed by atoms with van der Waals surface area (Å²) in [5.41, 5.74) is 7.45. The highest BCUT2D eigenvalue weighted by molar-refractivity contribution is 5.87. The van der Waals surface area contributed by atoms with Crippen molar-refractivity contribution >= 4 is 43.1 Å². The van der Waals surface area contributed by atoms with Gasteiger partial charge >= 0.3 is 0 Å². The van der Waals surface area contributed by atoms with E-state index in [-0.39, 0.29) is 43.1 Å². The molecular formula is C20H29Cl3N4O. The number of amides is 1. The van der Waals surface area contributed by atoms with Gasteiger partial charge in [0.1, 0.15) is 5.54 Å². The number of nitrogens with zero attached hydrogens (tertiary/aromatic N) is 3. The van der Waals surface area contributed by atoms with E-state index in [2.05, 4.69) is 22.9 Å². The Hall–Kier alpha value is -1.37. The number of carbonyl (C=O) groups is 1. The van der Waals surface area contributed by atoms with Gasteiger partial charge in [-0.05, 0) is 31.0 Å². The second-order valence-electron chi connectivity index (χ2n) is 6.86. The number of benzene rings is 1. The molecule has 1 amide bonds. The molecular weight excluding hydrogens is 419 g/mol. The lowest BCUT2D eigenvalue weighted by Gasteiger charge is -2.40. The molecule has 1 aromatic carbocycles. The number of pyridine rings is 1. The van der Waals surface area contributed by atoms with Crippen LogP contribution >= 0.6 is 37.2 Å². The van der Waals surface area contributed by atoms with Crippen LogP contribution in [-0.2, 0) is 10.3 Å². The molecule has 0 aliphatic carbocycles. The summed E-state index contributed by atoms with van der Waals surface area (Å²) in [7, 11) is 0. The van der Waals surface area contributed by atoms with Crippen LogP contribution in [0.5, 0.6) is 0 Å². The molecule has 5 nitrogen and oxygen atoms in total. The summed E-state index contributed by atoms with van der Waals surface area (Å²) in [6.07, 6.45) is 3.70. The molecule has 0 saturated carbocycles. The van der Waals surface area contributed by atoms with E-state index in [0.717, 1.165) is 18.7 Å². The van der Waals surface area contributed by atoms with Crippen molar-refractivity contribution in [2.45, 2.75) is 25.4 Å². The molecule has 8 heteroatoms. The summed E-state index contributed by atoms with van der Waals surface area (Å²) in [4.78, 5) is 21.4. The van der Waals surface area contributed by atoms with Gasteiger partial charge in [-0.2, -0.15) is 0 Å². The zero-order valence-corrected chi connectivity index (χ0v) is 18.6. The molecule has 156 valence electrons. The number of nitrogens with two attached hydrogens (primary N) is 1. The number of rotatable bonds is 4. The molecule has 0 bridgehead atoms. The molecule has 2 heterocycles. The van der Waals surface area contributed by atoms with Crippen LogP contribution in [0.25, 0.3) is 0 Å². The van der Waals surface area contributed by atoms with Crippen LogP contribution in [0.15, 0.2) is 54.9 Å². The predicted molar refractivity (Wildman–Crippen MR) is 121 cm³/mol. The Morgan fingerprint density at radius 1 is 1.04 bits per heavy atom. The largest absolute Gasteiger partial charge is 0.338 e. The first-order valence-corrected chi connectivity index (χ1v) is 8.78. The Kier molecular flexibility index (Phi) is 11.0. The fourth-order valence-electron chi connectivity index (χ4n) is 3.38. The molecule has 2 N–H and O–H groups in total. The molecule has 2 aromatic rings. The van der Waals surface area contributed by atoms with Crippen molar-refractivity contribution < 1.29 is 4.79 Å². The number of piperazine rings is 1. The average Bonchev–Trinajstić information content (AvgIpc) is 2.68. The van der Waals surface area contributed by atoms with Crippen molar-refractivity contribution in [3.05, 3.63) is 66.0 Å². The summed E-state index contributed by atoms with van der Waals surface area (Å²) in [5, 5.41) is 0. The Balaban J connectivity index is 0.00000243. The van der Waals surface area contributed by atoms with Gasteiger partial charge in [0.2, 0.25) is 5.91 Å². The summed E-state index contributed by atoms with van der Waals surface area (Å²) in [6, 6.07) is 14.0. The van der Waals surface area contributed by atoms with Gasteiger partial charge in [-0.25, -0.2) is 0 Å². The Morgan fingerprint density at radius 3 is 2.18 bits per heavy atom. The first-order valence-electron chi connectivity index (χ1n) is 8.78. The molecule has 28 heavy (non-hydrogen) atoms. The fourth-order valence-corrected chi connectivity index (χ4v) is 3.38. The molecule has 0 spiro atoms. The molecule has 2 atom stereocenters. The number of aromatic nitrogens is 1. The van der Waals surface area contributed by atoms with Crippen molar-refractivity contribution in [1.29, 1.82) is 0 Å². The normalized spacial score (nSPS) is 17.2. The van der Waals surface area contributed by atoms with Crippen LogP contribution < -0.4 is 5.73 Å². The van der Waals surface area contributed by atoms with Gasteiger partial charge in [0, 0.05) is 44.6 Å². The van der Waals surface area contributed by atoms with E-state index in [4.69, 9.17) is 5.73 Å². The first-order chi connectivity index (χ1) is 12.0. The maximum absolute atomic E-state index is 12.9. The van der Waals surface area contributed by atoms with Crippen molar-refractivity contribution in [3.8, 4) is 0 Å². The van der Waals surface area contributed by atoms with Gasteiger partial charge in [-0.3, -0.25) is 14.7 Å². The average molecular weight is 448 g/mol. The predicted octanol–water partition coefficient (Wildman–Crippen LogP) is 3.43. The molecule has 1 fully saturated rings. The smallest absolute Gasteiger partial charge is 0.247 e. The number of carbonyl (C=O) groups excluding carboxylic acids is 1. The van der Waals surface area contributed by atoms with Crippen molar-refractivity contribution in [2.24, 2.45) is 5.73 Å². The van der Waals surface area contributed by atoms with Crippen molar-refractivity contribution in [1.82, 2.24) is 14.8 Å². The van der Waals surface area contributed by atoms with Gasteiger partial charge < -0.3 is 10.6 Å². The molecule has 1 saturated heterocycles. The van der Waals surface area contributed by atoms with E-state index in [0.29, 0.717) is 19.1 Å². The topological polar surface area (TPSA) is 62.5 Å². The minimum absolute atomic E-state index is 0. The number of hydrogen-bond donors (Lipinski definition) is 1. The quantitative estimate of drug-likeness (QED) is 0.780. The monoisotopic (exact) mass is 446 g/mol. The van der Waals surface area contributed by atoms with Crippen LogP contribution in [0.3, 0.4) is 0 Å². The highest BCUT2D eigenvalue weighted by Gasteiger charge is 2.36. The van der Waals surface area contributed by atoms with E-state index >= 15 is 0 Å². The van der Waals surface area contributed by atoms with E-state index < -0.39 is 5.54 Å². The highest BCUT2D eigenvalue weighted by Crippen LogP contribution is 2.24. The third-order valence-electron chi connectivity index (χ3n) is 5.13. The maximum Gasteiger partial charge on any atom is 0.247 e. The van der Waals surface area contributed by atoms with Gasteiger partial charge in [0.25, 0.3) is 0 Å². The van der Waals surface area contributed by atoms with E-state index in [1.54, 1.807) is 13.1 Å². The molecule has 2 unspecified atom stereocenters. The Bertz CT molecular complexity index is 708. The Labute approximate surface area is 185 Å². The van der Waals surface area contributed by atoms with Gasteiger partial charge in [0.05, 0.1) is 0 Å². The minimum atomic E-state index is -0.988. The molecule has 1 aliphatic rings. The summed E-state index contributed by atoms with van der Waals surface area (Å²) in [6.45, 7) is 7.06. The second-order valence-corrected chi connectivity index (χ2v) is 6.86. The number of hydrogen-bond acceptors (Lipinski definition) is 4. The van der Waals surface area contributed by atoms with Crippen LogP contribution in [0.4, 0.5) is 0 Å². The van der Waals surface area contributed by atoms with E-state index in [1.807, 2.05) is 47.5 Å². The highest BCUT2D eigenvalue weighted by atomic mass is 35.5. The lowest BCUT2D eigenvalue weighted by atomic mass is 9.91. The SMILES string of the molecule is CC(c1cccnc1)N1CCN(C(=O)C(C)(N)c2ccccc2)CC1.Cl.Cl.Cl. The first kappa shape index (κ1) is 26.6. The van der Waals surface area contributed by atoms with E-state index in [1.165, 1.54) is 5.56 Å². The third-order valence-corrected chi connectivity index (χ3v) is 5.13. The summed E-state index contributed by atoms with van der Waals surface area (Å²) < 4.78 is 0. The third kappa shape index (κ3) is 5.82. The number of halogens is 3. The molecule has 1 aliphatic heterocycles. The van der Waals surface area contributed by atoms with E-state index in [9.17, 15) is 4.79 Å². The minimum Gasteiger partial charge on any atom is -0.338 e. The second kappa shape index (κ2) is 11.6. The van der Waals surface area contributed by atoms with Crippen LogP contribution in [-0.4, -0.2) is 46.9 Å². The summed E-state index contributed by atoms with van der Waals surface area (Å²) in [5.74, 6) is -0.00705. The molecule has 0 radical (unpaired) electrons. The zero-order chi connectivity index (χ0) is 17.9. The maximum atomic E-state index is 12.9. The molecule has 1 aromatic heterocycles. The van der Waals surface area contributed by atoms with Crippen LogP contribution in [0, 0.1) is 0 Å². The zero-order valence-electron chi connectivity index (χ0n) is 16.2. The van der Waals surface area contributed by atoms with Crippen molar-refractivity contribution in [3.63, 3.8) is 0 Å². The fraction of sp³-hybridized carbons (Fsp3) is 0.400. The lowest BCUT2D eigenvalue weighted by molar-refractivity contribution is -0.138. The van der Waals surface area contributed by atoms with Gasteiger partial charge in [0.15, 0.2) is 0 Å². The van der Waals surface area contributed by atoms with Crippen LogP contribution in [0.2, 0.25) is 0 Å². The lowest BCUT2D eigenvalue weighted by Crippen LogP contribution is -2.56. The van der Waals surface area contributed by atoms with Gasteiger partial charge in [-0.15, -0.1) is 37.2 Å².